The molecule has 0 aromatic carbocycles. The summed E-state index contributed by atoms with van der Waals surface area (Å²) in [6.07, 6.45) is -0.168. The van der Waals surface area contributed by atoms with Gasteiger partial charge < -0.3 is 29.7 Å². The van der Waals surface area contributed by atoms with Crippen molar-refractivity contribution in [2.45, 2.75) is 43.9 Å². The molecule has 11 nitrogen and oxygen atoms in total. The van der Waals surface area contributed by atoms with Gasteiger partial charge in [0.15, 0.2) is 29.3 Å². The molecule has 3 N–H and O–H groups in total. The molecule has 4 rings (SSSR count). The van der Waals surface area contributed by atoms with Crippen molar-refractivity contribution in [2.24, 2.45) is 0 Å². The van der Waals surface area contributed by atoms with Crippen molar-refractivity contribution in [3.63, 3.8) is 0 Å². The Morgan fingerprint density at radius 2 is 2.30 bits per heavy atom. The Morgan fingerprint density at radius 3 is 3.00 bits per heavy atom. The van der Waals surface area contributed by atoms with Crippen LogP contribution in [0.2, 0.25) is 0 Å². The number of hydrogen-bond acceptors (Lipinski definition) is 10. The van der Waals surface area contributed by atoms with E-state index in [9.17, 15) is 15.0 Å². The fourth-order valence-electron chi connectivity index (χ4n) is 3.42. The molecule has 2 aliphatic rings. The van der Waals surface area contributed by atoms with Gasteiger partial charge in [-0.1, -0.05) is 0 Å². The summed E-state index contributed by atoms with van der Waals surface area (Å²) in [7, 11) is 0. The molecule has 2 aromatic rings. The van der Waals surface area contributed by atoms with Gasteiger partial charge in [-0.05, 0) is 6.42 Å². The van der Waals surface area contributed by atoms with E-state index in [1.54, 1.807) is 4.57 Å². The largest absolute Gasteiger partial charge is 0.457 e. The maximum absolute atomic E-state index is 11.3. The van der Waals surface area contributed by atoms with Crippen molar-refractivity contribution in [1.29, 1.82) is 0 Å². The Bertz CT molecular complexity index is 823. The molecule has 146 valence electrons. The summed E-state index contributed by atoms with van der Waals surface area (Å²) < 4.78 is 17.7. The molecular formula is C16H21N5O6. The van der Waals surface area contributed by atoms with Crippen LogP contribution in [0, 0.1) is 0 Å². The van der Waals surface area contributed by atoms with Gasteiger partial charge >= 0.3 is 5.97 Å². The summed E-state index contributed by atoms with van der Waals surface area (Å²) >= 11 is 0. The molecule has 2 unspecified atom stereocenters. The molecular weight excluding hydrogens is 358 g/mol. The first kappa shape index (κ1) is 18.0. The molecule has 5 atom stereocenters. The summed E-state index contributed by atoms with van der Waals surface area (Å²) in [5.41, 5.74) is 0.979. The average Bonchev–Trinajstić information content (AvgIpc) is 3.36. The van der Waals surface area contributed by atoms with E-state index in [4.69, 9.17) is 14.2 Å². The first-order valence-corrected chi connectivity index (χ1v) is 8.72. The second kappa shape index (κ2) is 7.35. The van der Waals surface area contributed by atoms with Crippen LogP contribution < -0.4 is 5.32 Å². The number of carbonyl (C=O) groups is 1. The molecule has 2 saturated heterocycles. The minimum absolute atomic E-state index is 0.147. The van der Waals surface area contributed by atoms with Gasteiger partial charge in [0.05, 0.1) is 25.6 Å². The van der Waals surface area contributed by atoms with E-state index in [-0.39, 0.29) is 6.04 Å². The number of nitrogens with zero attached hydrogens (tertiary/aromatic N) is 4. The van der Waals surface area contributed by atoms with E-state index in [0.717, 1.165) is 6.42 Å². The molecule has 4 heterocycles. The maximum Gasteiger partial charge on any atom is 0.303 e. The van der Waals surface area contributed by atoms with Crippen molar-refractivity contribution in [3.8, 4) is 0 Å². The van der Waals surface area contributed by atoms with Crippen LogP contribution in [0.4, 0.5) is 5.82 Å². The average molecular weight is 379 g/mol. The molecule has 0 bridgehead atoms. The lowest BCUT2D eigenvalue weighted by Crippen LogP contribution is -2.37. The third kappa shape index (κ3) is 3.34. The van der Waals surface area contributed by atoms with E-state index in [1.807, 2.05) is 0 Å². The van der Waals surface area contributed by atoms with Gasteiger partial charge in [0, 0.05) is 13.5 Å². The van der Waals surface area contributed by atoms with Crippen LogP contribution in [0.3, 0.4) is 0 Å². The van der Waals surface area contributed by atoms with Gasteiger partial charge in [0.25, 0.3) is 0 Å². The SMILES string of the molecule is CC(=O)O[C@@H]1[C@@H](CO)OC(n2cnc3c(NC4CCOC4)ncnc32)[C@@H]1O. The summed E-state index contributed by atoms with van der Waals surface area (Å²) in [4.78, 5) is 24.1. The van der Waals surface area contributed by atoms with E-state index in [0.29, 0.717) is 30.2 Å². The number of rotatable bonds is 5. The normalized spacial score (nSPS) is 30.7. The number of anilines is 1. The van der Waals surface area contributed by atoms with Crippen molar-refractivity contribution in [2.75, 3.05) is 25.1 Å². The number of carbonyl (C=O) groups excluding carboxylic acids is 1. The van der Waals surface area contributed by atoms with Crippen LogP contribution in [0.5, 0.6) is 0 Å². The molecule has 2 fully saturated rings. The zero-order chi connectivity index (χ0) is 19.0. The molecule has 0 aliphatic carbocycles. The summed E-state index contributed by atoms with van der Waals surface area (Å²) in [5, 5.41) is 23.4. The zero-order valence-electron chi connectivity index (χ0n) is 14.7. The number of imidazole rings is 1. The fourth-order valence-corrected chi connectivity index (χ4v) is 3.42. The van der Waals surface area contributed by atoms with Crippen LogP contribution in [0.1, 0.15) is 19.6 Å². The van der Waals surface area contributed by atoms with Gasteiger partial charge in [-0.3, -0.25) is 9.36 Å². The first-order chi connectivity index (χ1) is 13.1. The summed E-state index contributed by atoms with van der Waals surface area (Å²) in [6, 6.07) is 0.147. The number of ether oxygens (including phenoxy) is 3. The predicted octanol–water partition coefficient (Wildman–Crippen LogP) is -0.791. The number of fused-ring (bicyclic) bond motifs is 1. The third-order valence-corrected chi connectivity index (χ3v) is 4.69. The van der Waals surface area contributed by atoms with Crippen molar-refractivity contribution < 1.29 is 29.2 Å². The van der Waals surface area contributed by atoms with Gasteiger partial charge in [0.1, 0.15) is 18.5 Å². The second-order valence-electron chi connectivity index (χ2n) is 6.56. The number of nitrogens with one attached hydrogen (secondary N) is 1. The van der Waals surface area contributed by atoms with Crippen LogP contribution in [-0.2, 0) is 19.0 Å². The van der Waals surface area contributed by atoms with Crippen LogP contribution in [0.25, 0.3) is 11.2 Å². The van der Waals surface area contributed by atoms with Crippen LogP contribution in [0.15, 0.2) is 12.7 Å². The molecule has 0 amide bonds. The van der Waals surface area contributed by atoms with Crippen LogP contribution in [-0.4, -0.2) is 79.9 Å². The van der Waals surface area contributed by atoms with E-state index < -0.39 is 37.1 Å². The molecule has 0 radical (unpaired) electrons. The minimum atomic E-state index is -1.18. The molecule has 11 heteroatoms. The molecule has 2 aliphatic heterocycles. The Morgan fingerprint density at radius 1 is 1.44 bits per heavy atom. The molecule has 0 spiro atoms. The number of aromatic nitrogens is 4. The maximum atomic E-state index is 11.3. The van der Waals surface area contributed by atoms with Crippen molar-refractivity contribution in [3.05, 3.63) is 12.7 Å². The standard InChI is InChI=1S/C16H21N5O6/c1-8(23)26-13-10(4-22)27-16(12(13)24)21-7-19-11-14(17-6-18-15(11)21)20-9-2-3-25-5-9/h6-7,9-10,12-13,16,22,24H,2-5H2,1H3,(H,17,18,20)/t9?,10-,12-,13-,16?/m1/s1. The van der Waals surface area contributed by atoms with E-state index >= 15 is 0 Å². The van der Waals surface area contributed by atoms with Crippen molar-refractivity contribution in [1.82, 2.24) is 19.5 Å². The Hall–Kier alpha value is -2.34. The number of aliphatic hydroxyl groups excluding tert-OH is 2. The minimum Gasteiger partial charge on any atom is -0.457 e. The highest BCUT2D eigenvalue weighted by Crippen LogP contribution is 2.34. The zero-order valence-corrected chi connectivity index (χ0v) is 14.7. The van der Waals surface area contributed by atoms with Gasteiger partial charge in [-0.25, -0.2) is 15.0 Å². The van der Waals surface area contributed by atoms with Crippen molar-refractivity contribution >= 4 is 23.0 Å². The predicted molar refractivity (Wildman–Crippen MR) is 90.7 cm³/mol. The topological polar surface area (TPSA) is 141 Å². The van der Waals surface area contributed by atoms with Crippen LogP contribution >= 0.6 is 0 Å². The Balaban J connectivity index is 1.63. The quantitative estimate of drug-likeness (QED) is 0.566. The molecule has 2 aromatic heterocycles. The smallest absolute Gasteiger partial charge is 0.303 e. The number of aliphatic hydroxyl groups is 2. The summed E-state index contributed by atoms with van der Waals surface area (Å²) in [5.74, 6) is 0.00168. The lowest BCUT2D eigenvalue weighted by molar-refractivity contribution is -0.153. The second-order valence-corrected chi connectivity index (χ2v) is 6.56. The third-order valence-electron chi connectivity index (χ3n) is 4.69. The van der Waals surface area contributed by atoms with Gasteiger partial charge in [-0.15, -0.1) is 0 Å². The molecule has 0 saturated carbocycles. The number of esters is 1. The molecule has 27 heavy (non-hydrogen) atoms. The lowest BCUT2D eigenvalue weighted by Gasteiger charge is -2.19. The highest BCUT2D eigenvalue weighted by atomic mass is 16.6. The Labute approximate surface area is 154 Å². The highest BCUT2D eigenvalue weighted by Gasteiger charge is 2.47. The van der Waals surface area contributed by atoms with Gasteiger partial charge in [0.2, 0.25) is 0 Å². The Kier molecular flexibility index (Phi) is 4.91. The van der Waals surface area contributed by atoms with Gasteiger partial charge in [-0.2, -0.15) is 0 Å². The monoisotopic (exact) mass is 379 g/mol. The van der Waals surface area contributed by atoms with E-state index in [1.165, 1.54) is 19.6 Å². The first-order valence-electron chi connectivity index (χ1n) is 8.72. The van der Waals surface area contributed by atoms with E-state index in [2.05, 4.69) is 20.3 Å². The summed E-state index contributed by atoms with van der Waals surface area (Å²) in [6.45, 7) is 2.13. The number of hydrogen-bond donors (Lipinski definition) is 3. The highest BCUT2D eigenvalue weighted by molar-refractivity contribution is 5.82. The fraction of sp³-hybridized carbons (Fsp3) is 0.625. The lowest BCUT2D eigenvalue weighted by atomic mass is 10.1.